The van der Waals surface area contributed by atoms with Crippen LogP contribution >= 0.6 is 23.2 Å². The van der Waals surface area contributed by atoms with Crippen LogP contribution in [0.2, 0.25) is 10.0 Å². The van der Waals surface area contributed by atoms with Gasteiger partial charge in [-0.25, -0.2) is 5.43 Å². The maximum Gasteiger partial charge on any atom is 0.277 e. The Morgan fingerprint density at radius 1 is 1.03 bits per heavy atom. The van der Waals surface area contributed by atoms with Gasteiger partial charge in [0, 0.05) is 10.6 Å². The predicted molar refractivity (Wildman–Crippen MR) is 139 cm³/mol. The van der Waals surface area contributed by atoms with Crippen LogP contribution in [0.25, 0.3) is 11.3 Å². The number of ether oxygens (including phenoxy) is 1. The van der Waals surface area contributed by atoms with Crippen molar-refractivity contribution < 1.29 is 13.9 Å². The maximum atomic E-state index is 12.1. The molecule has 0 aliphatic carbocycles. The van der Waals surface area contributed by atoms with Crippen LogP contribution in [0.1, 0.15) is 52.4 Å². The number of carbonyl (C=O) groups is 1. The zero-order valence-corrected chi connectivity index (χ0v) is 21.6. The van der Waals surface area contributed by atoms with E-state index in [9.17, 15) is 4.79 Å². The van der Waals surface area contributed by atoms with E-state index in [2.05, 4.69) is 57.3 Å². The number of hydrazone groups is 1. The topological polar surface area (TPSA) is 63.8 Å². The Balaban J connectivity index is 1.50. The number of halogens is 2. The van der Waals surface area contributed by atoms with E-state index in [0.29, 0.717) is 27.3 Å². The Morgan fingerprint density at radius 2 is 1.74 bits per heavy atom. The summed E-state index contributed by atoms with van der Waals surface area (Å²) < 4.78 is 11.3. The van der Waals surface area contributed by atoms with E-state index < -0.39 is 0 Å². The second kappa shape index (κ2) is 10.7. The molecule has 180 valence electrons. The minimum atomic E-state index is -0.374. The van der Waals surface area contributed by atoms with Gasteiger partial charge >= 0.3 is 0 Å². The van der Waals surface area contributed by atoms with Gasteiger partial charge in [-0.1, -0.05) is 70.0 Å². The molecule has 34 heavy (non-hydrogen) atoms. The van der Waals surface area contributed by atoms with E-state index in [1.165, 1.54) is 11.8 Å². The minimum Gasteiger partial charge on any atom is -0.484 e. The van der Waals surface area contributed by atoms with Crippen LogP contribution in [0.3, 0.4) is 0 Å². The highest BCUT2D eigenvalue weighted by molar-refractivity contribution is 6.36. The number of hydrogen-bond acceptors (Lipinski definition) is 4. The molecule has 3 rings (SSSR count). The monoisotopic (exact) mass is 500 g/mol. The van der Waals surface area contributed by atoms with Gasteiger partial charge in [-0.2, -0.15) is 5.10 Å². The number of carbonyl (C=O) groups excluding carboxylic acids is 1. The molecule has 0 aliphatic rings. The number of rotatable bonds is 8. The highest BCUT2D eigenvalue weighted by Gasteiger charge is 2.27. The fourth-order valence-electron chi connectivity index (χ4n) is 4.04. The van der Waals surface area contributed by atoms with Crippen molar-refractivity contribution in [3.63, 3.8) is 0 Å². The molecule has 0 unspecified atom stereocenters. The Bertz CT molecular complexity index is 1160. The van der Waals surface area contributed by atoms with Crippen LogP contribution < -0.4 is 10.2 Å². The third kappa shape index (κ3) is 7.37. The van der Waals surface area contributed by atoms with Gasteiger partial charge in [0.25, 0.3) is 5.91 Å². The highest BCUT2D eigenvalue weighted by atomic mass is 35.5. The number of nitrogens with one attached hydrogen (secondary N) is 1. The van der Waals surface area contributed by atoms with Crippen LogP contribution in [0, 0.1) is 5.41 Å². The second-order valence-corrected chi connectivity index (χ2v) is 10.9. The van der Waals surface area contributed by atoms with Crippen LogP contribution in [0.4, 0.5) is 0 Å². The smallest absolute Gasteiger partial charge is 0.277 e. The number of furan rings is 1. The lowest BCUT2D eigenvalue weighted by Gasteiger charge is -2.33. The van der Waals surface area contributed by atoms with Crippen molar-refractivity contribution >= 4 is 35.3 Å². The highest BCUT2D eigenvalue weighted by Crippen LogP contribution is 2.36. The molecular weight excluding hydrogens is 471 g/mol. The zero-order valence-electron chi connectivity index (χ0n) is 20.1. The van der Waals surface area contributed by atoms with Crippen molar-refractivity contribution in [2.75, 3.05) is 6.61 Å². The predicted octanol–water partition coefficient (Wildman–Crippen LogP) is 7.50. The average Bonchev–Trinajstić information content (AvgIpc) is 3.19. The van der Waals surface area contributed by atoms with Crippen molar-refractivity contribution in [1.82, 2.24) is 5.43 Å². The lowest BCUT2D eigenvalue weighted by Crippen LogP contribution is -2.25. The van der Waals surface area contributed by atoms with Gasteiger partial charge < -0.3 is 9.15 Å². The molecule has 0 spiro atoms. The number of benzene rings is 2. The quantitative estimate of drug-likeness (QED) is 0.257. The first-order valence-corrected chi connectivity index (χ1v) is 11.8. The molecule has 1 heterocycles. The third-order valence-electron chi connectivity index (χ3n) is 5.18. The molecule has 7 heteroatoms. The molecule has 5 nitrogen and oxygen atoms in total. The van der Waals surface area contributed by atoms with E-state index in [1.54, 1.807) is 30.3 Å². The molecule has 0 fully saturated rings. The molecule has 0 radical (unpaired) electrons. The summed E-state index contributed by atoms with van der Waals surface area (Å²) in [6, 6.07) is 16.6. The van der Waals surface area contributed by atoms with E-state index in [4.69, 9.17) is 32.4 Å². The molecule has 0 saturated carbocycles. The summed E-state index contributed by atoms with van der Waals surface area (Å²) >= 11 is 12.1. The van der Waals surface area contributed by atoms with E-state index in [0.717, 1.165) is 12.0 Å². The summed E-state index contributed by atoms with van der Waals surface area (Å²) in [7, 11) is 0. The molecule has 2 aromatic carbocycles. The first-order valence-electron chi connectivity index (χ1n) is 11.0. The normalized spacial score (nSPS) is 12.2. The lowest BCUT2D eigenvalue weighted by atomic mass is 9.72. The minimum absolute atomic E-state index is 0.0491. The van der Waals surface area contributed by atoms with Gasteiger partial charge in [-0.05, 0) is 65.3 Å². The molecular formula is C27H30Cl2N2O3. The van der Waals surface area contributed by atoms with Gasteiger partial charge in [0.05, 0.1) is 11.2 Å². The van der Waals surface area contributed by atoms with Crippen molar-refractivity contribution in [2.45, 2.75) is 46.5 Å². The summed E-state index contributed by atoms with van der Waals surface area (Å²) in [5.74, 6) is 1.30. The van der Waals surface area contributed by atoms with Crippen LogP contribution in [-0.4, -0.2) is 18.7 Å². The van der Waals surface area contributed by atoms with E-state index >= 15 is 0 Å². The summed E-state index contributed by atoms with van der Waals surface area (Å²) in [5, 5.41) is 4.96. The number of nitrogens with zero attached hydrogens (tertiary/aromatic N) is 1. The van der Waals surface area contributed by atoms with Gasteiger partial charge in [0.15, 0.2) is 6.61 Å². The summed E-state index contributed by atoms with van der Waals surface area (Å²) in [5.41, 5.74) is 4.67. The van der Waals surface area contributed by atoms with Gasteiger partial charge in [-0.3, -0.25) is 4.79 Å². The maximum absolute atomic E-state index is 12.1. The Kier molecular flexibility index (Phi) is 8.11. The van der Waals surface area contributed by atoms with Crippen molar-refractivity contribution in [2.24, 2.45) is 10.5 Å². The van der Waals surface area contributed by atoms with Crippen molar-refractivity contribution in [3.8, 4) is 17.1 Å². The fraction of sp³-hybridized carbons (Fsp3) is 0.333. The van der Waals surface area contributed by atoms with Gasteiger partial charge in [0.1, 0.15) is 17.3 Å². The van der Waals surface area contributed by atoms with E-state index in [1.807, 2.05) is 12.1 Å². The molecule has 1 N–H and O–H groups in total. The van der Waals surface area contributed by atoms with Gasteiger partial charge in [-0.15, -0.1) is 0 Å². The number of amides is 1. The first kappa shape index (κ1) is 25.9. The molecule has 3 aromatic rings. The van der Waals surface area contributed by atoms with Crippen LogP contribution in [0.15, 0.2) is 64.1 Å². The molecule has 1 amide bonds. The van der Waals surface area contributed by atoms with Crippen LogP contribution in [0.5, 0.6) is 5.75 Å². The molecule has 0 saturated heterocycles. The van der Waals surface area contributed by atoms with Crippen molar-refractivity contribution in [3.05, 3.63) is 76.0 Å². The van der Waals surface area contributed by atoms with Crippen LogP contribution in [-0.2, 0) is 10.2 Å². The largest absolute Gasteiger partial charge is 0.484 e. The fourth-order valence-corrected chi connectivity index (χ4v) is 4.54. The average molecular weight is 501 g/mol. The Morgan fingerprint density at radius 3 is 2.38 bits per heavy atom. The standard InChI is InChI=1S/C27H30Cl2N2O3/c1-26(2,3)17-27(4,5)18-6-9-20(10-7-18)33-16-25(32)31-30-15-21-11-13-24(34-21)22-12-8-19(28)14-23(22)29/h6-15H,16-17H2,1-5H3,(H,31,32). The molecule has 0 atom stereocenters. The molecule has 1 aromatic heterocycles. The number of hydrogen-bond donors (Lipinski definition) is 1. The summed E-state index contributed by atoms with van der Waals surface area (Å²) in [6.07, 6.45) is 2.47. The lowest BCUT2D eigenvalue weighted by molar-refractivity contribution is -0.123. The Labute approximate surface area is 211 Å². The molecule has 0 bridgehead atoms. The second-order valence-electron chi connectivity index (χ2n) is 10.1. The zero-order chi connectivity index (χ0) is 24.9. The third-order valence-corrected chi connectivity index (χ3v) is 5.73. The Hall–Kier alpha value is -2.76. The summed E-state index contributed by atoms with van der Waals surface area (Å²) in [6.45, 7) is 11.1. The SMILES string of the molecule is CC(C)(C)CC(C)(C)c1ccc(OCC(=O)NN=Cc2ccc(-c3ccc(Cl)cc3Cl)o2)cc1. The van der Waals surface area contributed by atoms with Gasteiger partial charge in [0.2, 0.25) is 0 Å². The van der Waals surface area contributed by atoms with E-state index in [-0.39, 0.29) is 23.3 Å². The van der Waals surface area contributed by atoms with Crippen molar-refractivity contribution in [1.29, 1.82) is 0 Å². The summed E-state index contributed by atoms with van der Waals surface area (Å²) in [4.78, 5) is 12.1. The first-order chi connectivity index (χ1) is 15.9. The molecule has 0 aliphatic heterocycles.